The molecule has 4 aromatic rings. The molecule has 1 atom stereocenters. The van der Waals surface area contributed by atoms with E-state index in [4.69, 9.17) is 17.7 Å². The van der Waals surface area contributed by atoms with Crippen molar-refractivity contribution in [1.82, 2.24) is 4.90 Å². The average Bonchev–Trinajstić information content (AvgIpc) is 3.23. The molecule has 1 aliphatic rings. The molecule has 1 N–H and O–H groups in total. The lowest BCUT2D eigenvalue weighted by Gasteiger charge is -2.20. The van der Waals surface area contributed by atoms with Crippen LogP contribution in [0.25, 0.3) is 21.8 Å². The number of pyridine rings is 1. The number of halogens is 1. The monoisotopic (exact) mass is 582 g/mol. The fraction of sp³-hybridized carbons (Fsp3) is 0.179. The molecule has 5 rings (SSSR count). The maximum atomic E-state index is 13.4. The van der Waals surface area contributed by atoms with E-state index in [1.807, 2.05) is 60.1 Å². The number of nitrogens with zero attached hydrogens (tertiary/aromatic N) is 2. The van der Waals surface area contributed by atoms with Crippen molar-refractivity contribution in [1.29, 1.82) is 0 Å². The SMILES string of the molecule is C[n+]1c2ccccc2c(C(=O)Oc2ccc(C(CN3C(=O)CCC3=O)C(=O)O)cc2)c2ccccc21.O=S(=O)([O-])F. The summed E-state index contributed by atoms with van der Waals surface area (Å²) in [4.78, 5) is 50.2. The fourth-order valence-electron chi connectivity index (χ4n) is 4.71. The van der Waals surface area contributed by atoms with E-state index < -0.39 is 28.4 Å². The number of hydrogen-bond donors (Lipinski definition) is 1. The van der Waals surface area contributed by atoms with E-state index in [0.29, 0.717) is 11.1 Å². The van der Waals surface area contributed by atoms with E-state index in [-0.39, 0.29) is 37.0 Å². The molecule has 41 heavy (non-hydrogen) atoms. The molecule has 2 heterocycles. The van der Waals surface area contributed by atoms with Crippen molar-refractivity contribution in [3.8, 4) is 5.75 Å². The Morgan fingerprint density at radius 2 is 1.41 bits per heavy atom. The summed E-state index contributed by atoms with van der Waals surface area (Å²) in [7, 11) is -3.47. The van der Waals surface area contributed by atoms with Crippen molar-refractivity contribution in [3.63, 3.8) is 0 Å². The van der Waals surface area contributed by atoms with Gasteiger partial charge in [-0.3, -0.25) is 19.3 Å². The Morgan fingerprint density at radius 3 is 1.88 bits per heavy atom. The number of rotatable bonds is 6. The summed E-state index contributed by atoms with van der Waals surface area (Å²) in [6.45, 7) is -0.231. The van der Waals surface area contributed by atoms with Gasteiger partial charge in [0.05, 0.1) is 22.3 Å². The summed E-state index contributed by atoms with van der Waals surface area (Å²) in [6.07, 6.45) is 0.196. The minimum atomic E-state index is -5.42. The van der Waals surface area contributed by atoms with Gasteiger partial charge in [0.15, 0.2) is 0 Å². The molecule has 0 saturated carbocycles. The number of imide groups is 1. The maximum Gasteiger partial charge on any atom is 0.345 e. The number of benzene rings is 3. The third-order valence-electron chi connectivity index (χ3n) is 6.58. The van der Waals surface area contributed by atoms with Crippen LogP contribution >= 0.6 is 0 Å². The third-order valence-corrected chi connectivity index (χ3v) is 6.58. The molecule has 0 spiro atoms. The largest absolute Gasteiger partial charge is 0.722 e. The zero-order valence-corrected chi connectivity index (χ0v) is 22.3. The number of hydrogen-bond acceptors (Lipinski definition) is 8. The number of carbonyl (C=O) groups excluding carboxylic acids is 3. The summed E-state index contributed by atoms with van der Waals surface area (Å²) >= 11 is 0. The van der Waals surface area contributed by atoms with Gasteiger partial charge >= 0.3 is 11.9 Å². The fourth-order valence-corrected chi connectivity index (χ4v) is 4.71. The van der Waals surface area contributed by atoms with Gasteiger partial charge in [-0.1, -0.05) is 36.4 Å². The van der Waals surface area contributed by atoms with Crippen molar-refractivity contribution in [2.45, 2.75) is 18.8 Å². The smallest absolute Gasteiger partial charge is 0.345 e. The van der Waals surface area contributed by atoms with Gasteiger partial charge in [-0.25, -0.2) is 13.2 Å². The highest BCUT2D eigenvalue weighted by Gasteiger charge is 2.34. The minimum Gasteiger partial charge on any atom is -0.722 e. The van der Waals surface area contributed by atoms with E-state index in [9.17, 15) is 28.2 Å². The Kier molecular flexibility index (Phi) is 8.40. The zero-order chi connectivity index (χ0) is 29.9. The van der Waals surface area contributed by atoms with Crippen LogP contribution in [-0.2, 0) is 31.9 Å². The standard InChI is InChI=1S/C28H22N2O6.FHO3S/c1-29-22-8-4-2-6-19(22)26(20-7-3-5-9-23(20)29)28(35)36-18-12-10-17(11-13-18)21(27(33)34)16-30-24(31)14-15-25(30)32;1-5(2,3)4/h2-13,21H,14-16H2,1H3;(H,2,3,4). The lowest BCUT2D eigenvalue weighted by atomic mass is 9.98. The molecule has 1 saturated heterocycles. The second kappa shape index (κ2) is 11.8. The molecule has 1 unspecified atom stereocenters. The van der Waals surface area contributed by atoms with Crippen LogP contribution in [0.3, 0.4) is 0 Å². The van der Waals surface area contributed by atoms with E-state index in [1.54, 1.807) is 0 Å². The van der Waals surface area contributed by atoms with E-state index in [2.05, 4.69) is 0 Å². The lowest BCUT2D eigenvalue weighted by Crippen LogP contribution is -2.35. The van der Waals surface area contributed by atoms with Crippen LogP contribution in [0.2, 0.25) is 0 Å². The van der Waals surface area contributed by atoms with Gasteiger partial charge in [0.1, 0.15) is 12.8 Å². The minimum absolute atomic E-state index is 0.0982. The average molecular weight is 583 g/mol. The van der Waals surface area contributed by atoms with Crippen LogP contribution in [0, 0.1) is 0 Å². The number of carboxylic acid groups (broad SMARTS) is 1. The summed E-state index contributed by atoms with van der Waals surface area (Å²) in [5.74, 6) is -3.24. The van der Waals surface area contributed by atoms with E-state index in [1.165, 1.54) is 24.3 Å². The Hall–Kier alpha value is -4.75. The molecule has 0 radical (unpaired) electrons. The normalized spacial score (nSPS) is 14.1. The van der Waals surface area contributed by atoms with Gasteiger partial charge < -0.3 is 14.4 Å². The molecule has 0 bridgehead atoms. The van der Waals surface area contributed by atoms with Crippen molar-refractivity contribution in [2.75, 3.05) is 6.54 Å². The molecular formula is C28H23FN2O9S. The molecule has 1 fully saturated rings. The molecular weight excluding hydrogens is 559 g/mol. The Morgan fingerprint density at radius 1 is 0.951 bits per heavy atom. The van der Waals surface area contributed by atoms with Crippen LogP contribution in [0.1, 0.15) is 34.7 Å². The van der Waals surface area contributed by atoms with Crippen LogP contribution in [0.15, 0.2) is 72.8 Å². The highest BCUT2D eigenvalue weighted by molar-refractivity contribution is 7.80. The molecule has 0 aliphatic carbocycles. The highest BCUT2D eigenvalue weighted by Crippen LogP contribution is 2.28. The van der Waals surface area contributed by atoms with Crippen LogP contribution in [0.4, 0.5) is 3.89 Å². The first-order chi connectivity index (χ1) is 19.3. The van der Waals surface area contributed by atoms with Crippen LogP contribution in [0.5, 0.6) is 5.75 Å². The number of esters is 1. The topological polar surface area (TPSA) is 162 Å². The molecule has 11 nitrogen and oxygen atoms in total. The first kappa shape index (κ1) is 29.2. The summed E-state index contributed by atoms with van der Waals surface area (Å²) in [5, 5.41) is 11.2. The van der Waals surface area contributed by atoms with Crippen LogP contribution in [-0.4, -0.2) is 53.3 Å². The zero-order valence-electron chi connectivity index (χ0n) is 21.5. The second-order valence-corrected chi connectivity index (χ2v) is 9.90. The van der Waals surface area contributed by atoms with Crippen molar-refractivity contribution in [2.24, 2.45) is 7.05 Å². The van der Waals surface area contributed by atoms with Crippen LogP contribution < -0.4 is 9.30 Å². The predicted octanol–water partition coefficient (Wildman–Crippen LogP) is 2.77. The molecule has 2 amide bonds. The number of ether oxygens (including phenoxy) is 1. The number of para-hydroxylation sites is 2. The molecule has 13 heteroatoms. The summed E-state index contributed by atoms with van der Waals surface area (Å²) in [6, 6.07) is 21.3. The molecule has 1 aromatic heterocycles. The summed E-state index contributed by atoms with van der Waals surface area (Å²) in [5.41, 5.74) is 2.61. The Labute approximate surface area is 233 Å². The van der Waals surface area contributed by atoms with Gasteiger partial charge in [0.25, 0.3) is 10.5 Å². The van der Waals surface area contributed by atoms with Crippen molar-refractivity contribution >= 4 is 56.1 Å². The first-order valence-corrected chi connectivity index (χ1v) is 13.5. The Balaban J connectivity index is 0.000000714. The van der Waals surface area contributed by atoms with Crippen molar-refractivity contribution < 1.29 is 50.4 Å². The van der Waals surface area contributed by atoms with Gasteiger partial charge in [-0.05, 0) is 29.8 Å². The number of fused-ring (bicyclic) bond motifs is 2. The quantitative estimate of drug-likeness (QED) is 0.0685. The van der Waals surface area contributed by atoms with Gasteiger partial charge in [-0.15, -0.1) is 3.89 Å². The number of aliphatic carboxylic acids is 1. The number of amides is 2. The van der Waals surface area contributed by atoms with E-state index >= 15 is 0 Å². The number of aromatic nitrogens is 1. The first-order valence-electron chi connectivity index (χ1n) is 12.2. The number of carbonyl (C=O) groups is 4. The third kappa shape index (κ3) is 6.70. The molecule has 1 aliphatic heterocycles. The number of carboxylic acids is 1. The second-order valence-electron chi connectivity index (χ2n) is 9.11. The van der Waals surface area contributed by atoms with Gasteiger partial charge in [-0.2, -0.15) is 4.57 Å². The summed E-state index contributed by atoms with van der Waals surface area (Å²) < 4.78 is 43.1. The molecule has 3 aromatic carbocycles. The van der Waals surface area contributed by atoms with Gasteiger partial charge in [0.2, 0.25) is 22.8 Å². The van der Waals surface area contributed by atoms with Crippen molar-refractivity contribution in [3.05, 3.63) is 83.9 Å². The van der Waals surface area contributed by atoms with E-state index in [0.717, 1.165) is 26.7 Å². The Bertz CT molecular complexity index is 1710. The number of aryl methyl sites for hydroxylation is 1. The molecule has 212 valence electrons. The predicted molar refractivity (Wildman–Crippen MR) is 141 cm³/mol. The van der Waals surface area contributed by atoms with Gasteiger partial charge in [0, 0.05) is 31.5 Å². The highest BCUT2D eigenvalue weighted by atomic mass is 32.3. The lowest BCUT2D eigenvalue weighted by molar-refractivity contribution is -0.617. The maximum absolute atomic E-state index is 13.4. The number of likely N-dealkylation sites (tertiary alicyclic amines) is 1.